The minimum absolute atomic E-state index is 0.508. The summed E-state index contributed by atoms with van der Waals surface area (Å²) >= 11 is 0. The molecule has 2 N–H and O–H groups in total. The maximum Gasteiger partial charge on any atom is 0.0700 e. The van der Waals surface area contributed by atoms with Gasteiger partial charge in [0.25, 0.3) is 0 Å². The first-order valence-corrected chi connectivity index (χ1v) is 7.44. The van der Waals surface area contributed by atoms with Crippen LogP contribution in [0.2, 0.25) is 0 Å². The third kappa shape index (κ3) is 9.35. The lowest BCUT2D eigenvalue weighted by Crippen LogP contribution is -2.45. The first-order chi connectivity index (χ1) is 9.33. The summed E-state index contributed by atoms with van der Waals surface area (Å²) < 4.78 is 15.8. The Labute approximate surface area is 117 Å². The molecule has 5 heteroatoms. The SMILES string of the molecule is COCCOCCCCNC(C)CC1COCCN1. The van der Waals surface area contributed by atoms with Crippen molar-refractivity contribution < 1.29 is 14.2 Å². The standard InChI is InChI=1S/C14H30N2O3/c1-13(11-14-12-19-8-6-16-14)15-5-3-4-7-18-10-9-17-2/h13-16H,3-12H2,1-2H3. The fourth-order valence-electron chi connectivity index (χ4n) is 2.20. The Balaban J connectivity index is 1.85. The molecule has 1 saturated heterocycles. The van der Waals surface area contributed by atoms with Gasteiger partial charge in [0.05, 0.1) is 26.4 Å². The van der Waals surface area contributed by atoms with E-state index in [-0.39, 0.29) is 0 Å². The highest BCUT2D eigenvalue weighted by molar-refractivity contribution is 4.75. The number of unbranched alkanes of at least 4 members (excludes halogenated alkanes) is 1. The number of rotatable bonds is 11. The zero-order chi connectivity index (χ0) is 13.8. The molecule has 0 aromatic rings. The van der Waals surface area contributed by atoms with Crippen LogP contribution in [0, 0.1) is 0 Å². The van der Waals surface area contributed by atoms with E-state index in [9.17, 15) is 0 Å². The zero-order valence-electron chi connectivity index (χ0n) is 12.5. The third-order valence-electron chi connectivity index (χ3n) is 3.28. The molecule has 0 spiro atoms. The molecule has 0 aromatic carbocycles. The quantitative estimate of drug-likeness (QED) is 0.546. The highest BCUT2D eigenvalue weighted by Crippen LogP contribution is 2.02. The van der Waals surface area contributed by atoms with Crippen molar-refractivity contribution in [2.24, 2.45) is 0 Å². The van der Waals surface area contributed by atoms with Gasteiger partial charge in [-0.2, -0.15) is 0 Å². The van der Waals surface area contributed by atoms with E-state index in [0.717, 1.165) is 52.2 Å². The topological polar surface area (TPSA) is 51.8 Å². The van der Waals surface area contributed by atoms with Crippen LogP contribution >= 0.6 is 0 Å². The van der Waals surface area contributed by atoms with Crippen molar-refractivity contribution >= 4 is 0 Å². The van der Waals surface area contributed by atoms with Crippen LogP contribution in [0.4, 0.5) is 0 Å². The molecule has 0 aromatic heterocycles. The molecule has 0 amide bonds. The van der Waals surface area contributed by atoms with Gasteiger partial charge in [0.1, 0.15) is 0 Å². The molecule has 1 rings (SSSR count). The predicted molar refractivity (Wildman–Crippen MR) is 76.6 cm³/mol. The van der Waals surface area contributed by atoms with Crippen LogP contribution < -0.4 is 10.6 Å². The Bertz CT molecular complexity index is 199. The Morgan fingerprint density at radius 2 is 2.21 bits per heavy atom. The zero-order valence-corrected chi connectivity index (χ0v) is 12.5. The molecule has 2 unspecified atom stereocenters. The molecule has 0 saturated carbocycles. The van der Waals surface area contributed by atoms with E-state index in [2.05, 4.69) is 17.6 Å². The molecular formula is C14H30N2O3. The molecule has 5 nitrogen and oxygen atoms in total. The summed E-state index contributed by atoms with van der Waals surface area (Å²) in [7, 11) is 1.70. The maximum atomic E-state index is 5.46. The first-order valence-electron chi connectivity index (χ1n) is 7.44. The normalized spacial score (nSPS) is 21.5. The van der Waals surface area contributed by atoms with Gasteiger partial charge in [-0.05, 0) is 32.7 Å². The summed E-state index contributed by atoms with van der Waals surface area (Å²) in [5.41, 5.74) is 0. The van der Waals surface area contributed by atoms with Gasteiger partial charge in [0.2, 0.25) is 0 Å². The van der Waals surface area contributed by atoms with Crippen LogP contribution in [0.15, 0.2) is 0 Å². The van der Waals surface area contributed by atoms with E-state index in [1.165, 1.54) is 0 Å². The van der Waals surface area contributed by atoms with Crippen molar-refractivity contribution in [2.75, 3.05) is 53.2 Å². The molecule has 114 valence electrons. The average molecular weight is 274 g/mol. The number of hydrogen-bond acceptors (Lipinski definition) is 5. The highest BCUT2D eigenvalue weighted by Gasteiger charge is 2.15. The van der Waals surface area contributed by atoms with Gasteiger partial charge in [-0.3, -0.25) is 0 Å². The molecule has 19 heavy (non-hydrogen) atoms. The van der Waals surface area contributed by atoms with Gasteiger partial charge in [-0.25, -0.2) is 0 Å². The number of ether oxygens (including phenoxy) is 3. The third-order valence-corrected chi connectivity index (χ3v) is 3.28. The first kappa shape index (κ1) is 16.9. The monoisotopic (exact) mass is 274 g/mol. The Morgan fingerprint density at radius 1 is 1.32 bits per heavy atom. The summed E-state index contributed by atoms with van der Waals surface area (Å²) in [4.78, 5) is 0. The second-order valence-corrected chi connectivity index (χ2v) is 5.13. The van der Waals surface area contributed by atoms with E-state index in [1.54, 1.807) is 7.11 Å². The minimum atomic E-state index is 0.508. The summed E-state index contributed by atoms with van der Waals surface area (Å²) in [5, 5.41) is 7.04. The van der Waals surface area contributed by atoms with Gasteiger partial charge < -0.3 is 24.8 Å². The lowest BCUT2D eigenvalue weighted by molar-refractivity contribution is 0.0680. The van der Waals surface area contributed by atoms with Crippen molar-refractivity contribution in [1.29, 1.82) is 0 Å². The molecule has 1 heterocycles. The van der Waals surface area contributed by atoms with Crippen molar-refractivity contribution in [3.63, 3.8) is 0 Å². The molecule has 0 radical (unpaired) electrons. The van der Waals surface area contributed by atoms with Crippen LogP contribution in [-0.2, 0) is 14.2 Å². The Hall–Kier alpha value is -0.200. The van der Waals surface area contributed by atoms with E-state index in [4.69, 9.17) is 14.2 Å². The van der Waals surface area contributed by atoms with E-state index in [0.29, 0.717) is 25.3 Å². The van der Waals surface area contributed by atoms with E-state index >= 15 is 0 Å². The Kier molecular flexibility index (Phi) is 10.3. The number of morpholine rings is 1. The Morgan fingerprint density at radius 3 is 2.95 bits per heavy atom. The molecule has 1 aliphatic heterocycles. The van der Waals surface area contributed by atoms with E-state index in [1.807, 2.05) is 0 Å². The fourth-order valence-corrected chi connectivity index (χ4v) is 2.20. The average Bonchev–Trinajstić information content (AvgIpc) is 2.43. The van der Waals surface area contributed by atoms with Gasteiger partial charge >= 0.3 is 0 Å². The maximum absolute atomic E-state index is 5.46. The predicted octanol–water partition coefficient (Wildman–Crippen LogP) is 0.786. The summed E-state index contributed by atoms with van der Waals surface area (Å²) in [6.07, 6.45) is 3.39. The number of methoxy groups -OCH3 is 1. The molecule has 2 atom stereocenters. The van der Waals surface area contributed by atoms with E-state index < -0.39 is 0 Å². The number of nitrogens with one attached hydrogen (secondary N) is 2. The smallest absolute Gasteiger partial charge is 0.0700 e. The minimum Gasteiger partial charge on any atom is -0.382 e. The van der Waals surface area contributed by atoms with Gasteiger partial charge in [0, 0.05) is 32.3 Å². The van der Waals surface area contributed by atoms with Crippen molar-refractivity contribution in [3.8, 4) is 0 Å². The second kappa shape index (κ2) is 11.6. The van der Waals surface area contributed by atoms with Crippen LogP contribution in [0.25, 0.3) is 0 Å². The molecule has 1 aliphatic rings. The summed E-state index contributed by atoms with van der Waals surface area (Å²) in [6.45, 7) is 8.20. The molecule has 0 aliphatic carbocycles. The van der Waals surface area contributed by atoms with Crippen molar-refractivity contribution in [3.05, 3.63) is 0 Å². The van der Waals surface area contributed by atoms with Gasteiger partial charge in [-0.15, -0.1) is 0 Å². The largest absolute Gasteiger partial charge is 0.382 e. The lowest BCUT2D eigenvalue weighted by atomic mass is 10.1. The summed E-state index contributed by atoms with van der Waals surface area (Å²) in [6, 6.07) is 1.04. The summed E-state index contributed by atoms with van der Waals surface area (Å²) in [5.74, 6) is 0. The van der Waals surface area contributed by atoms with Crippen molar-refractivity contribution in [2.45, 2.75) is 38.3 Å². The number of hydrogen-bond donors (Lipinski definition) is 2. The lowest BCUT2D eigenvalue weighted by Gasteiger charge is -2.26. The highest BCUT2D eigenvalue weighted by atomic mass is 16.5. The van der Waals surface area contributed by atoms with Crippen LogP contribution in [-0.4, -0.2) is 65.3 Å². The molecule has 0 bridgehead atoms. The van der Waals surface area contributed by atoms with Crippen molar-refractivity contribution in [1.82, 2.24) is 10.6 Å². The second-order valence-electron chi connectivity index (χ2n) is 5.13. The molecular weight excluding hydrogens is 244 g/mol. The van der Waals surface area contributed by atoms with Gasteiger partial charge in [0.15, 0.2) is 0 Å². The van der Waals surface area contributed by atoms with Crippen LogP contribution in [0.1, 0.15) is 26.2 Å². The van der Waals surface area contributed by atoms with Crippen LogP contribution in [0.5, 0.6) is 0 Å². The fraction of sp³-hybridized carbons (Fsp3) is 1.00. The van der Waals surface area contributed by atoms with Gasteiger partial charge in [-0.1, -0.05) is 0 Å². The van der Waals surface area contributed by atoms with Crippen LogP contribution in [0.3, 0.4) is 0 Å². The molecule has 1 fully saturated rings.